The van der Waals surface area contributed by atoms with Crippen LogP contribution >= 0.6 is 11.6 Å². The van der Waals surface area contributed by atoms with E-state index in [1.807, 2.05) is 0 Å². The maximum atomic E-state index is 13.6. The van der Waals surface area contributed by atoms with Gasteiger partial charge in [-0.3, -0.25) is 4.79 Å². The SMILES string of the molecule is CCCC(CNS(=O)(=O)c1ccc(Cl)cc1F)C(=O)O. The fourth-order valence-corrected chi connectivity index (χ4v) is 2.94. The van der Waals surface area contributed by atoms with Crippen molar-refractivity contribution < 1.29 is 22.7 Å². The summed E-state index contributed by atoms with van der Waals surface area (Å²) in [6, 6.07) is 3.17. The van der Waals surface area contributed by atoms with Gasteiger partial charge in [-0.05, 0) is 24.6 Å². The summed E-state index contributed by atoms with van der Waals surface area (Å²) in [5.41, 5.74) is 0. The van der Waals surface area contributed by atoms with E-state index < -0.39 is 32.6 Å². The second-order valence-corrected chi connectivity index (χ2v) is 6.42. The monoisotopic (exact) mass is 323 g/mol. The topological polar surface area (TPSA) is 83.5 Å². The van der Waals surface area contributed by atoms with Gasteiger partial charge in [0.25, 0.3) is 0 Å². The van der Waals surface area contributed by atoms with Gasteiger partial charge in [-0.15, -0.1) is 0 Å². The molecule has 112 valence electrons. The molecule has 0 bridgehead atoms. The second-order valence-electron chi connectivity index (χ2n) is 4.25. The average Bonchev–Trinajstić information content (AvgIpc) is 2.33. The Hall–Kier alpha value is -1.18. The zero-order valence-electron chi connectivity index (χ0n) is 10.8. The van der Waals surface area contributed by atoms with Crippen LogP contribution in [0.3, 0.4) is 0 Å². The Bertz CT molecular complexity index is 591. The highest BCUT2D eigenvalue weighted by atomic mass is 35.5. The van der Waals surface area contributed by atoms with Crippen LogP contribution in [-0.4, -0.2) is 26.0 Å². The first-order chi connectivity index (χ1) is 9.27. The van der Waals surface area contributed by atoms with E-state index in [-0.39, 0.29) is 11.6 Å². The molecule has 0 saturated heterocycles. The van der Waals surface area contributed by atoms with Gasteiger partial charge in [0.15, 0.2) is 0 Å². The van der Waals surface area contributed by atoms with Gasteiger partial charge in [0.05, 0.1) is 5.92 Å². The lowest BCUT2D eigenvalue weighted by Gasteiger charge is -2.13. The molecule has 0 aromatic heterocycles. The van der Waals surface area contributed by atoms with Crippen molar-refractivity contribution in [2.75, 3.05) is 6.54 Å². The van der Waals surface area contributed by atoms with Gasteiger partial charge in [-0.2, -0.15) is 0 Å². The van der Waals surface area contributed by atoms with Crippen LogP contribution in [0, 0.1) is 11.7 Å². The number of hydrogen-bond donors (Lipinski definition) is 2. The van der Waals surface area contributed by atoms with E-state index in [1.54, 1.807) is 6.92 Å². The maximum absolute atomic E-state index is 13.6. The van der Waals surface area contributed by atoms with E-state index >= 15 is 0 Å². The van der Waals surface area contributed by atoms with E-state index in [0.717, 1.165) is 12.1 Å². The Morgan fingerprint density at radius 1 is 1.50 bits per heavy atom. The molecule has 1 aromatic rings. The van der Waals surface area contributed by atoms with Crippen molar-refractivity contribution in [1.82, 2.24) is 4.72 Å². The van der Waals surface area contributed by atoms with E-state index in [2.05, 4.69) is 4.72 Å². The Balaban J connectivity index is 2.87. The minimum absolute atomic E-state index is 0.0795. The number of halogens is 2. The molecular formula is C12H15ClFNO4S. The molecule has 0 aliphatic rings. The summed E-state index contributed by atoms with van der Waals surface area (Å²) >= 11 is 5.54. The third-order valence-corrected chi connectivity index (χ3v) is 4.38. The number of sulfonamides is 1. The van der Waals surface area contributed by atoms with Crippen LogP contribution in [0.2, 0.25) is 5.02 Å². The summed E-state index contributed by atoms with van der Waals surface area (Å²) < 4.78 is 39.5. The molecule has 0 saturated carbocycles. The number of carbonyl (C=O) groups is 1. The molecule has 2 N–H and O–H groups in total. The van der Waals surface area contributed by atoms with Crippen LogP contribution < -0.4 is 4.72 Å². The number of benzene rings is 1. The van der Waals surface area contributed by atoms with Gasteiger partial charge in [0.1, 0.15) is 10.7 Å². The second kappa shape index (κ2) is 7.01. The number of nitrogens with one attached hydrogen (secondary N) is 1. The fraction of sp³-hybridized carbons (Fsp3) is 0.417. The van der Waals surface area contributed by atoms with Gasteiger partial charge in [0, 0.05) is 11.6 Å². The quantitative estimate of drug-likeness (QED) is 0.806. The zero-order chi connectivity index (χ0) is 15.3. The lowest BCUT2D eigenvalue weighted by molar-refractivity contribution is -0.141. The molecule has 1 rings (SSSR count). The number of hydrogen-bond acceptors (Lipinski definition) is 3. The standard InChI is InChI=1S/C12H15ClFNO4S/c1-2-3-8(12(16)17)7-15-20(18,19)11-5-4-9(13)6-10(11)14/h4-6,8,15H,2-3,7H2,1H3,(H,16,17). The third-order valence-electron chi connectivity index (χ3n) is 2.69. The molecule has 0 aliphatic carbocycles. The third kappa shape index (κ3) is 4.43. The van der Waals surface area contributed by atoms with Crippen LogP contribution in [0.15, 0.2) is 23.1 Å². The Kier molecular flexibility index (Phi) is 5.91. The first-order valence-corrected chi connectivity index (χ1v) is 7.81. The predicted octanol–water partition coefficient (Wildman–Crippen LogP) is 2.26. The van der Waals surface area contributed by atoms with E-state index in [1.165, 1.54) is 6.07 Å². The summed E-state index contributed by atoms with van der Waals surface area (Å²) in [5, 5.41) is 9.02. The lowest BCUT2D eigenvalue weighted by atomic mass is 10.1. The molecule has 0 fully saturated rings. The molecule has 1 aromatic carbocycles. The Morgan fingerprint density at radius 3 is 2.65 bits per heavy atom. The van der Waals surface area contributed by atoms with E-state index in [4.69, 9.17) is 16.7 Å². The number of carboxylic acid groups (broad SMARTS) is 1. The molecule has 20 heavy (non-hydrogen) atoms. The van der Waals surface area contributed by atoms with Gasteiger partial charge in [-0.1, -0.05) is 24.9 Å². The summed E-state index contributed by atoms with van der Waals surface area (Å²) in [5.74, 6) is -2.91. The summed E-state index contributed by atoms with van der Waals surface area (Å²) in [6.07, 6.45) is 0.939. The van der Waals surface area contributed by atoms with Crippen LogP contribution in [0.5, 0.6) is 0 Å². The average molecular weight is 324 g/mol. The smallest absolute Gasteiger partial charge is 0.307 e. The van der Waals surface area contributed by atoms with Crippen LogP contribution in [0.25, 0.3) is 0 Å². The largest absolute Gasteiger partial charge is 0.481 e. The lowest BCUT2D eigenvalue weighted by Crippen LogP contribution is -2.33. The van der Waals surface area contributed by atoms with E-state index in [0.29, 0.717) is 12.8 Å². The van der Waals surface area contributed by atoms with Gasteiger partial charge >= 0.3 is 5.97 Å². The highest BCUT2D eigenvalue weighted by Gasteiger charge is 2.23. The van der Waals surface area contributed by atoms with E-state index in [9.17, 15) is 17.6 Å². The van der Waals surface area contributed by atoms with Crippen molar-refractivity contribution in [3.05, 3.63) is 29.0 Å². The molecule has 5 nitrogen and oxygen atoms in total. The molecule has 0 heterocycles. The molecule has 0 radical (unpaired) electrons. The summed E-state index contributed by atoms with van der Waals surface area (Å²) in [4.78, 5) is 10.4. The number of carboxylic acids is 1. The molecule has 1 unspecified atom stereocenters. The number of aliphatic carboxylic acids is 1. The molecule has 8 heteroatoms. The number of rotatable bonds is 7. The zero-order valence-corrected chi connectivity index (χ0v) is 12.3. The highest BCUT2D eigenvalue weighted by molar-refractivity contribution is 7.89. The van der Waals surface area contributed by atoms with Crippen LogP contribution in [0.1, 0.15) is 19.8 Å². The van der Waals surface area contributed by atoms with Crippen molar-refractivity contribution in [2.45, 2.75) is 24.7 Å². The van der Waals surface area contributed by atoms with Crippen LogP contribution in [-0.2, 0) is 14.8 Å². The maximum Gasteiger partial charge on any atom is 0.307 e. The normalized spacial score (nSPS) is 13.2. The summed E-state index contributed by atoms with van der Waals surface area (Å²) in [6.45, 7) is 1.51. The van der Waals surface area contributed by atoms with Gasteiger partial charge < -0.3 is 5.11 Å². The molecule has 0 aliphatic heterocycles. The van der Waals surface area contributed by atoms with Crippen molar-refractivity contribution >= 4 is 27.6 Å². The molecular weight excluding hydrogens is 309 g/mol. The van der Waals surface area contributed by atoms with Gasteiger partial charge in [0.2, 0.25) is 10.0 Å². The first-order valence-electron chi connectivity index (χ1n) is 5.95. The molecule has 1 atom stereocenters. The fourth-order valence-electron chi connectivity index (χ4n) is 1.64. The van der Waals surface area contributed by atoms with Crippen molar-refractivity contribution in [3.63, 3.8) is 0 Å². The Labute approximate surface area is 121 Å². The van der Waals surface area contributed by atoms with Crippen molar-refractivity contribution in [1.29, 1.82) is 0 Å². The molecule has 0 spiro atoms. The van der Waals surface area contributed by atoms with Crippen LogP contribution in [0.4, 0.5) is 4.39 Å². The predicted molar refractivity (Wildman–Crippen MR) is 72.6 cm³/mol. The first kappa shape index (κ1) is 16.9. The Morgan fingerprint density at radius 2 is 2.15 bits per heavy atom. The van der Waals surface area contributed by atoms with Crippen molar-refractivity contribution in [2.24, 2.45) is 5.92 Å². The minimum Gasteiger partial charge on any atom is -0.481 e. The minimum atomic E-state index is -4.10. The highest BCUT2D eigenvalue weighted by Crippen LogP contribution is 2.19. The molecule has 0 amide bonds. The van der Waals surface area contributed by atoms with Gasteiger partial charge in [-0.25, -0.2) is 17.5 Å². The summed E-state index contributed by atoms with van der Waals surface area (Å²) in [7, 11) is -4.10. The van der Waals surface area contributed by atoms with Crippen molar-refractivity contribution in [3.8, 4) is 0 Å².